The summed E-state index contributed by atoms with van der Waals surface area (Å²) in [7, 11) is -3.11. The van der Waals surface area contributed by atoms with Gasteiger partial charge < -0.3 is 27.4 Å². The molecule has 0 aliphatic heterocycles. The molecule has 10 heteroatoms. The lowest BCUT2D eigenvalue weighted by Crippen LogP contribution is -2.24. The fraction of sp³-hybridized carbons (Fsp3) is 0.917. The molecule has 132 valence electrons. The maximum Gasteiger partial charge on any atom is 0.335 e. The van der Waals surface area contributed by atoms with E-state index in [4.69, 9.17) is 31.9 Å². The summed E-state index contributed by atoms with van der Waals surface area (Å²) >= 11 is 0. The van der Waals surface area contributed by atoms with Gasteiger partial charge in [0.05, 0.1) is 26.4 Å². The van der Waals surface area contributed by atoms with Crippen LogP contribution in [0.15, 0.2) is 0 Å². The summed E-state index contributed by atoms with van der Waals surface area (Å²) < 4.78 is 37.2. The second kappa shape index (κ2) is 14.7. The van der Waals surface area contributed by atoms with Gasteiger partial charge in [0.15, 0.2) is 0 Å². The third-order valence-electron chi connectivity index (χ3n) is 1.76. The molecule has 1 atom stereocenters. The van der Waals surface area contributed by atoms with Gasteiger partial charge in [0.2, 0.25) is 6.29 Å². The second-order valence-electron chi connectivity index (χ2n) is 3.56. The van der Waals surface area contributed by atoms with Gasteiger partial charge in [-0.05, 0) is 27.7 Å². The molecular formula is C12H26O8P2. The minimum Gasteiger partial charge on any atom is -0.433 e. The van der Waals surface area contributed by atoms with Gasteiger partial charge in [0.1, 0.15) is 6.61 Å². The Hall–Kier alpha value is 0.0900. The second-order valence-corrected chi connectivity index (χ2v) is 5.95. The zero-order chi connectivity index (χ0) is 16.8. The van der Waals surface area contributed by atoms with E-state index in [-0.39, 0.29) is 6.61 Å². The average molecular weight is 360 g/mol. The molecule has 0 heterocycles. The molecule has 22 heavy (non-hydrogen) atoms. The molecule has 0 N–H and O–H groups in total. The Morgan fingerprint density at radius 3 is 1.68 bits per heavy atom. The van der Waals surface area contributed by atoms with Crippen molar-refractivity contribution in [2.24, 2.45) is 0 Å². The van der Waals surface area contributed by atoms with Crippen molar-refractivity contribution in [3.05, 3.63) is 0 Å². The summed E-state index contributed by atoms with van der Waals surface area (Å²) in [6.07, 6.45) is -0.951. The van der Waals surface area contributed by atoms with E-state index in [1.807, 2.05) is 27.7 Å². The first-order valence-corrected chi connectivity index (χ1v) is 9.35. The lowest BCUT2D eigenvalue weighted by molar-refractivity contribution is -0.166. The lowest BCUT2D eigenvalue weighted by atomic mass is 10.7. The van der Waals surface area contributed by atoms with E-state index < -0.39 is 29.5 Å². The van der Waals surface area contributed by atoms with Crippen molar-refractivity contribution in [3.63, 3.8) is 0 Å². The van der Waals surface area contributed by atoms with Crippen LogP contribution in [0.4, 0.5) is 0 Å². The first kappa shape index (κ1) is 22.1. The van der Waals surface area contributed by atoms with Crippen LogP contribution in [-0.4, -0.2) is 45.3 Å². The molecule has 0 aliphatic rings. The summed E-state index contributed by atoms with van der Waals surface area (Å²) in [6.45, 7) is 10.3. The molecule has 0 aromatic carbocycles. The summed E-state index contributed by atoms with van der Waals surface area (Å²) in [5.74, 6) is -0.492. The highest BCUT2D eigenvalue weighted by Crippen LogP contribution is 2.43. The van der Waals surface area contributed by atoms with Crippen LogP contribution < -0.4 is 0 Å². The zero-order valence-corrected chi connectivity index (χ0v) is 15.6. The molecule has 0 saturated heterocycles. The van der Waals surface area contributed by atoms with Crippen molar-refractivity contribution in [1.29, 1.82) is 0 Å². The quantitative estimate of drug-likeness (QED) is 0.264. The molecule has 0 bridgehead atoms. The molecule has 0 saturated carbocycles. The molecule has 0 aromatic heterocycles. The smallest absolute Gasteiger partial charge is 0.335 e. The largest absolute Gasteiger partial charge is 0.433 e. The third kappa shape index (κ3) is 11.6. The number of carbonyl (C=O) groups is 1. The molecule has 0 rings (SSSR count). The number of hydrogen-bond donors (Lipinski definition) is 0. The van der Waals surface area contributed by atoms with E-state index in [2.05, 4.69) is 0 Å². The summed E-state index contributed by atoms with van der Waals surface area (Å²) in [6, 6.07) is 0. The molecule has 1 unspecified atom stereocenters. The standard InChI is InChI=1S/C12H26O8P2/c1-6-14-21(15-7-2)18-10-12(19-11(5)13)20-22(16-8-3)17-9-4/h12H,6-10H2,1-5H3. The number of ether oxygens (including phenoxy) is 1. The molecule has 0 aromatic rings. The maximum atomic E-state index is 11.2. The van der Waals surface area contributed by atoms with Crippen molar-refractivity contribution >= 4 is 23.2 Å². The number of carbonyl (C=O) groups excluding carboxylic acids is 1. The first-order chi connectivity index (χ1) is 10.6. The van der Waals surface area contributed by atoms with Crippen molar-refractivity contribution in [2.45, 2.75) is 40.9 Å². The van der Waals surface area contributed by atoms with E-state index in [0.29, 0.717) is 26.4 Å². The minimum absolute atomic E-state index is 0.0374. The molecule has 8 nitrogen and oxygen atoms in total. The maximum absolute atomic E-state index is 11.2. The fourth-order valence-corrected chi connectivity index (χ4v) is 2.92. The van der Waals surface area contributed by atoms with Gasteiger partial charge in [-0.25, -0.2) is 0 Å². The summed E-state index contributed by atoms with van der Waals surface area (Å²) in [4.78, 5) is 11.2. The average Bonchev–Trinajstić information content (AvgIpc) is 2.45. The van der Waals surface area contributed by atoms with Crippen LogP contribution in [0, 0.1) is 0 Å². The Morgan fingerprint density at radius 2 is 1.27 bits per heavy atom. The Bertz CT molecular complexity index is 270. The highest BCUT2D eigenvalue weighted by atomic mass is 31.2. The van der Waals surface area contributed by atoms with Crippen LogP contribution in [0.1, 0.15) is 34.6 Å². The Balaban J connectivity index is 4.49. The predicted molar refractivity (Wildman–Crippen MR) is 82.9 cm³/mol. The fourth-order valence-electron chi connectivity index (χ4n) is 1.12. The minimum atomic E-state index is -1.61. The highest BCUT2D eigenvalue weighted by molar-refractivity contribution is 7.42. The van der Waals surface area contributed by atoms with Gasteiger partial charge in [0.25, 0.3) is 0 Å². The van der Waals surface area contributed by atoms with Crippen molar-refractivity contribution in [1.82, 2.24) is 0 Å². The molecular weight excluding hydrogens is 334 g/mol. The van der Waals surface area contributed by atoms with E-state index in [1.165, 1.54) is 6.92 Å². The van der Waals surface area contributed by atoms with Gasteiger partial charge in [-0.2, -0.15) is 0 Å². The van der Waals surface area contributed by atoms with Crippen LogP contribution in [-0.2, 0) is 36.7 Å². The molecule has 0 fully saturated rings. The van der Waals surface area contributed by atoms with Crippen molar-refractivity contribution in [2.75, 3.05) is 33.0 Å². The Kier molecular flexibility index (Phi) is 14.7. The van der Waals surface area contributed by atoms with Crippen LogP contribution in [0.25, 0.3) is 0 Å². The highest BCUT2D eigenvalue weighted by Gasteiger charge is 2.24. The summed E-state index contributed by atoms with van der Waals surface area (Å²) in [5.41, 5.74) is 0. The molecule has 0 spiro atoms. The van der Waals surface area contributed by atoms with E-state index >= 15 is 0 Å². The monoisotopic (exact) mass is 360 g/mol. The van der Waals surface area contributed by atoms with E-state index in [0.717, 1.165) is 0 Å². The number of rotatable bonds is 14. The van der Waals surface area contributed by atoms with E-state index in [9.17, 15) is 4.79 Å². The van der Waals surface area contributed by atoms with Gasteiger partial charge in [-0.15, -0.1) is 0 Å². The van der Waals surface area contributed by atoms with Crippen LogP contribution in [0.3, 0.4) is 0 Å². The topological polar surface area (TPSA) is 81.7 Å². The normalized spacial score (nSPS) is 12.9. The van der Waals surface area contributed by atoms with Gasteiger partial charge in [-0.1, -0.05) is 0 Å². The Morgan fingerprint density at radius 1 is 0.818 bits per heavy atom. The van der Waals surface area contributed by atoms with Crippen molar-refractivity contribution in [3.8, 4) is 0 Å². The molecule has 0 radical (unpaired) electrons. The molecule has 0 amide bonds. The number of esters is 1. The lowest BCUT2D eigenvalue weighted by Gasteiger charge is -2.23. The van der Waals surface area contributed by atoms with Gasteiger partial charge in [0, 0.05) is 6.92 Å². The predicted octanol–water partition coefficient (Wildman–Crippen LogP) is 3.51. The van der Waals surface area contributed by atoms with E-state index in [1.54, 1.807) is 0 Å². The first-order valence-electron chi connectivity index (χ1n) is 7.16. The van der Waals surface area contributed by atoms with Gasteiger partial charge >= 0.3 is 23.2 Å². The van der Waals surface area contributed by atoms with Crippen molar-refractivity contribution < 1.29 is 36.7 Å². The Labute approximate surface area is 134 Å². The van der Waals surface area contributed by atoms with Gasteiger partial charge in [-0.3, -0.25) is 9.32 Å². The third-order valence-corrected chi connectivity index (χ3v) is 4.40. The van der Waals surface area contributed by atoms with Crippen LogP contribution in [0.5, 0.6) is 0 Å². The number of hydrogen-bond acceptors (Lipinski definition) is 8. The molecule has 0 aliphatic carbocycles. The van der Waals surface area contributed by atoms with Crippen LogP contribution >= 0.6 is 17.2 Å². The SMILES string of the molecule is CCOP(OCC)OCC(OC(C)=O)OP(OCC)OCC. The van der Waals surface area contributed by atoms with Crippen LogP contribution in [0.2, 0.25) is 0 Å². The summed E-state index contributed by atoms with van der Waals surface area (Å²) in [5, 5.41) is 0. The zero-order valence-electron chi connectivity index (χ0n) is 13.8.